The second-order valence-electron chi connectivity index (χ2n) is 6.58. The maximum Gasteiger partial charge on any atom is 0.434 e. The number of hydrogen-bond donors (Lipinski definition) is 3. The molecule has 2 aromatic rings. The number of nitrogens with zero attached hydrogens (tertiary/aromatic N) is 3. The summed E-state index contributed by atoms with van der Waals surface area (Å²) in [6.45, 7) is 0.542. The van der Waals surface area contributed by atoms with E-state index in [1.54, 1.807) is 11.2 Å². The Morgan fingerprint density at radius 2 is 2.00 bits per heavy atom. The number of hydrogen-bond acceptors (Lipinski definition) is 9. The Hall–Kier alpha value is -2.61. The normalized spacial score (nSPS) is 13.0. The molecule has 0 spiro atoms. The van der Waals surface area contributed by atoms with E-state index >= 15 is 0 Å². The van der Waals surface area contributed by atoms with Gasteiger partial charge in [-0.1, -0.05) is 0 Å². The van der Waals surface area contributed by atoms with Crippen molar-refractivity contribution in [2.45, 2.75) is 35.0 Å². The second-order valence-corrected chi connectivity index (χ2v) is 9.90. The molecular formula is C18H20N4O6S3. The zero-order chi connectivity index (χ0) is 22.6. The minimum atomic E-state index is -3.86. The van der Waals surface area contributed by atoms with Crippen molar-refractivity contribution in [1.29, 1.82) is 0 Å². The summed E-state index contributed by atoms with van der Waals surface area (Å²) in [5, 5.41) is 16.9. The minimum Gasteiger partial charge on any atom is -0.481 e. The van der Waals surface area contributed by atoms with Crippen LogP contribution in [-0.4, -0.2) is 47.1 Å². The molecule has 1 aliphatic rings. The summed E-state index contributed by atoms with van der Waals surface area (Å²) in [6.07, 6.45) is 3.66. The molecule has 1 aliphatic heterocycles. The van der Waals surface area contributed by atoms with Crippen LogP contribution in [0.4, 0.5) is 4.79 Å². The van der Waals surface area contributed by atoms with Crippen molar-refractivity contribution < 1.29 is 27.9 Å². The first-order valence-electron chi connectivity index (χ1n) is 9.11. The third-order valence-electron chi connectivity index (χ3n) is 4.31. The molecule has 13 heteroatoms. The number of nitrogens with two attached hydrogens (primary N) is 1. The Bertz CT molecular complexity index is 1100. The van der Waals surface area contributed by atoms with Crippen molar-refractivity contribution in [2.24, 2.45) is 5.14 Å². The van der Waals surface area contributed by atoms with Crippen LogP contribution in [0, 0.1) is 0 Å². The van der Waals surface area contributed by atoms with Gasteiger partial charge < -0.3 is 9.84 Å². The molecule has 0 fully saturated rings. The van der Waals surface area contributed by atoms with Gasteiger partial charge in [0, 0.05) is 19.2 Å². The molecule has 1 aromatic heterocycles. The summed E-state index contributed by atoms with van der Waals surface area (Å²) >= 11 is 5.68. The number of ether oxygens (including phenoxy) is 1. The van der Waals surface area contributed by atoms with Crippen molar-refractivity contribution in [3.63, 3.8) is 0 Å². The van der Waals surface area contributed by atoms with E-state index in [4.69, 9.17) is 15.0 Å². The van der Waals surface area contributed by atoms with Gasteiger partial charge in [0.2, 0.25) is 10.0 Å². The topological polar surface area (TPSA) is 143 Å². The molecule has 31 heavy (non-hydrogen) atoms. The van der Waals surface area contributed by atoms with Gasteiger partial charge in [0.1, 0.15) is 10.1 Å². The molecule has 166 valence electrons. The lowest BCUT2D eigenvalue weighted by Crippen LogP contribution is -2.46. The minimum absolute atomic E-state index is 0.00695. The number of sulfonamides is 1. The lowest BCUT2D eigenvalue weighted by Gasteiger charge is -2.34. The Morgan fingerprint density at radius 1 is 1.29 bits per heavy atom. The summed E-state index contributed by atoms with van der Waals surface area (Å²) in [6, 6.07) is 5.15. The van der Waals surface area contributed by atoms with Crippen molar-refractivity contribution in [3.8, 4) is 5.75 Å². The lowest BCUT2D eigenvalue weighted by atomic mass is 10.2. The summed E-state index contributed by atoms with van der Waals surface area (Å²) in [4.78, 5) is 28.8. The molecule has 0 radical (unpaired) electrons. The number of fused-ring (bicyclic) bond motifs is 1. The van der Waals surface area contributed by atoms with Crippen molar-refractivity contribution in [1.82, 2.24) is 15.0 Å². The summed E-state index contributed by atoms with van der Waals surface area (Å²) < 4.78 is 28.8. The monoisotopic (exact) mass is 484 g/mol. The molecule has 0 unspecified atom stereocenters. The van der Waals surface area contributed by atoms with Crippen molar-refractivity contribution in [2.75, 3.05) is 6.54 Å². The highest BCUT2D eigenvalue weighted by molar-refractivity contribution is 7.89. The first-order valence-corrected chi connectivity index (χ1v) is 11.9. The van der Waals surface area contributed by atoms with E-state index in [-0.39, 0.29) is 23.6 Å². The summed E-state index contributed by atoms with van der Waals surface area (Å²) in [5.41, 5.74) is 0.762. The number of carboxylic acids is 1. The molecule has 0 saturated carbocycles. The van der Waals surface area contributed by atoms with Crippen LogP contribution in [0.5, 0.6) is 5.75 Å². The summed E-state index contributed by atoms with van der Waals surface area (Å²) in [7, 11) is -3.86. The third kappa shape index (κ3) is 6.19. The molecule has 3 rings (SSSR count). The quantitative estimate of drug-likeness (QED) is 0.383. The predicted molar refractivity (Wildman–Crippen MR) is 116 cm³/mol. The number of carbonyl (C=O) groups is 2. The highest BCUT2D eigenvalue weighted by atomic mass is 32.2. The molecule has 1 aromatic carbocycles. The average Bonchev–Trinajstić information content (AvgIpc) is 3.06. The number of carboxylic acid groups (broad SMARTS) is 1. The third-order valence-corrected chi connectivity index (χ3v) is 6.48. The van der Waals surface area contributed by atoms with Gasteiger partial charge in [0.25, 0.3) is 0 Å². The molecule has 0 saturated heterocycles. The van der Waals surface area contributed by atoms with Gasteiger partial charge in [-0.3, -0.25) is 9.80 Å². The van der Waals surface area contributed by atoms with E-state index < -0.39 is 22.1 Å². The van der Waals surface area contributed by atoms with E-state index in [1.165, 1.54) is 40.6 Å². The van der Waals surface area contributed by atoms with E-state index in [0.717, 1.165) is 10.6 Å². The Balaban J connectivity index is 1.73. The highest BCUT2D eigenvalue weighted by Crippen LogP contribution is 2.28. The van der Waals surface area contributed by atoms with Crippen LogP contribution in [0.25, 0.3) is 6.08 Å². The smallest absolute Gasteiger partial charge is 0.434 e. The van der Waals surface area contributed by atoms with Gasteiger partial charge in [-0.15, -0.1) is 24.0 Å². The largest absolute Gasteiger partial charge is 0.481 e. The van der Waals surface area contributed by atoms with Gasteiger partial charge in [-0.05, 0) is 43.2 Å². The maximum absolute atomic E-state index is 12.9. The number of unbranched alkanes of at least 4 members (excludes halogenated alkanes) is 1. The van der Waals surface area contributed by atoms with E-state index in [1.807, 2.05) is 6.08 Å². The van der Waals surface area contributed by atoms with Crippen LogP contribution in [0.15, 0.2) is 39.7 Å². The molecule has 0 aliphatic carbocycles. The Labute approximate surface area is 188 Å². The zero-order valence-electron chi connectivity index (χ0n) is 16.2. The van der Waals surface area contributed by atoms with Crippen LogP contribution >= 0.6 is 24.0 Å². The van der Waals surface area contributed by atoms with Crippen molar-refractivity contribution in [3.05, 3.63) is 41.0 Å². The number of aromatic nitrogens is 1. The molecule has 0 bridgehead atoms. The molecule has 10 nitrogen and oxygen atoms in total. The Morgan fingerprint density at radius 3 is 2.65 bits per heavy atom. The van der Waals surface area contributed by atoms with Crippen LogP contribution in [0.1, 0.15) is 29.8 Å². The number of carbonyl (C=O) groups excluding carboxylic acids is 1. The predicted octanol–water partition coefficient (Wildman–Crippen LogP) is 2.54. The van der Waals surface area contributed by atoms with Gasteiger partial charge in [-0.25, -0.2) is 28.3 Å². The zero-order valence-corrected chi connectivity index (χ0v) is 18.7. The fourth-order valence-corrected chi connectivity index (χ4v) is 4.47. The van der Waals surface area contributed by atoms with Crippen LogP contribution in [-0.2, 0) is 21.4 Å². The van der Waals surface area contributed by atoms with E-state index in [0.29, 0.717) is 23.7 Å². The number of thiol groups is 1. The van der Waals surface area contributed by atoms with Gasteiger partial charge in [0.05, 0.1) is 22.0 Å². The lowest BCUT2D eigenvalue weighted by molar-refractivity contribution is -0.137. The van der Waals surface area contributed by atoms with E-state index in [2.05, 4.69) is 17.6 Å². The number of rotatable bonds is 8. The first kappa shape index (κ1) is 23.1. The van der Waals surface area contributed by atoms with Crippen LogP contribution < -0.4 is 9.88 Å². The fourth-order valence-electron chi connectivity index (χ4n) is 2.83. The van der Waals surface area contributed by atoms with Gasteiger partial charge >= 0.3 is 12.1 Å². The first-order chi connectivity index (χ1) is 14.6. The van der Waals surface area contributed by atoms with Gasteiger partial charge in [-0.2, -0.15) is 0 Å². The van der Waals surface area contributed by atoms with Crippen molar-refractivity contribution >= 4 is 52.1 Å². The van der Waals surface area contributed by atoms with Crippen LogP contribution in [0.3, 0.4) is 0 Å². The number of thiazole rings is 1. The highest BCUT2D eigenvalue weighted by Gasteiger charge is 2.25. The van der Waals surface area contributed by atoms with E-state index in [9.17, 15) is 18.0 Å². The molecular weight excluding hydrogens is 464 g/mol. The number of hydrazine groups is 1. The molecule has 3 N–H and O–H groups in total. The molecule has 1 amide bonds. The molecule has 0 atom stereocenters. The molecule has 2 heterocycles. The SMILES string of the molecule is NS(=O)(=O)c1ccc(OC(=O)N(CCCCC(=O)O)N2C=Cc3sc(S)nc3C2)cc1. The number of amides is 1. The number of aliphatic carboxylic acids is 1. The summed E-state index contributed by atoms with van der Waals surface area (Å²) in [5.74, 6) is -0.767. The maximum atomic E-state index is 12.9. The van der Waals surface area contributed by atoms with Crippen LogP contribution in [0.2, 0.25) is 0 Å². The second kappa shape index (κ2) is 9.68. The standard InChI is InChI=1S/C18H20N4O6S3/c19-31(26,27)13-6-4-12(5-7-13)28-18(25)22(9-2-1-3-16(23)24)21-10-8-15-14(11-21)20-17(29)30-15/h4-8,10H,1-3,9,11H2,(H,20,29)(H,23,24)(H2,19,26,27). The Kier molecular flexibility index (Phi) is 7.20. The number of benzene rings is 1. The number of primary sulfonamides is 1. The average molecular weight is 485 g/mol. The fraction of sp³-hybridized carbons (Fsp3) is 0.278. The van der Waals surface area contributed by atoms with Gasteiger partial charge in [0.15, 0.2) is 0 Å².